The quantitative estimate of drug-likeness (QED) is 0.594. The third-order valence-electron chi connectivity index (χ3n) is 4.40. The second kappa shape index (κ2) is 5.47. The molecule has 2 aliphatic carbocycles. The predicted molar refractivity (Wildman–Crippen MR) is 74.9 cm³/mol. The van der Waals surface area contributed by atoms with Crippen LogP contribution in [0.3, 0.4) is 0 Å². The van der Waals surface area contributed by atoms with Crippen LogP contribution in [0, 0.1) is 5.41 Å². The first-order valence-corrected chi connectivity index (χ1v) is 7.24. The van der Waals surface area contributed by atoms with Crippen LogP contribution in [0.1, 0.15) is 46.5 Å². The summed E-state index contributed by atoms with van der Waals surface area (Å²) in [7, 11) is 1.84. The number of aliphatic imine (C=N–C) groups is 1. The van der Waals surface area contributed by atoms with Gasteiger partial charge in [-0.1, -0.05) is 6.42 Å². The molecule has 0 amide bonds. The largest absolute Gasteiger partial charge is 0.378 e. The van der Waals surface area contributed by atoms with E-state index in [1.165, 1.54) is 19.3 Å². The van der Waals surface area contributed by atoms with Crippen LogP contribution in [0.15, 0.2) is 4.99 Å². The maximum absolute atomic E-state index is 5.86. The van der Waals surface area contributed by atoms with Gasteiger partial charge in [-0.25, -0.2) is 0 Å². The van der Waals surface area contributed by atoms with Gasteiger partial charge in [-0.05, 0) is 40.0 Å². The summed E-state index contributed by atoms with van der Waals surface area (Å²) in [5.74, 6) is 0.927. The Kier molecular flexibility index (Phi) is 4.15. The van der Waals surface area contributed by atoms with E-state index in [1.54, 1.807) is 0 Å². The zero-order valence-corrected chi connectivity index (χ0v) is 12.1. The molecule has 4 nitrogen and oxygen atoms in total. The van der Waals surface area contributed by atoms with E-state index in [1.807, 2.05) is 7.05 Å². The molecule has 0 bridgehead atoms. The van der Waals surface area contributed by atoms with E-state index in [0.717, 1.165) is 19.0 Å². The lowest BCUT2D eigenvalue weighted by atomic mass is 9.51. The van der Waals surface area contributed by atoms with Crippen LogP contribution in [0.25, 0.3) is 0 Å². The molecule has 2 fully saturated rings. The lowest BCUT2D eigenvalue weighted by Crippen LogP contribution is -2.68. The van der Waals surface area contributed by atoms with Crippen molar-refractivity contribution < 1.29 is 4.74 Å². The molecule has 2 atom stereocenters. The van der Waals surface area contributed by atoms with Crippen molar-refractivity contribution in [2.24, 2.45) is 10.4 Å². The van der Waals surface area contributed by atoms with Gasteiger partial charge in [0.2, 0.25) is 0 Å². The van der Waals surface area contributed by atoms with Gasteiger partial charge in [-0.2, -0.15) is 0 Å². The third-order valence-corrected chi connectivity index (χ3v) is 4.40. The second-order valence-electron chi connectivity index (χ2n) is 5.83. The van der Waals surface area contributed by atoms with Gasteiger partial charge in [-0.15, -0.1) is 0 Å². The van der Waals surface area contributed by atoms with Gasteiger partial charge in [0.25, 0.3) is 0 Å². The Morgan fingerprint density at radius 2 is 2.17 bits per heavy atom. The van der Waals surface area contributed by atoms with E-state index in [2.05, 4.69) is 36.4 Å². The fourth-order valence-electron chi connectivity index (χ4n) is 3.25. The Labute approximate surface area is 111 Å². The molecule has 2 saturated carbocycles. The molecule has 0 aromatic carbocycles. The lowest BCUT2D eigenvalue weighted by Gasteiger charge is -2.61. The molecule has 104 valence electrons. The van der Waals surface area contributed by atoms with Gasteiger partial charge < -0.3 is 15.4 Å². The number of ether oxygens (including phenoxy) is 1. The molecule has 0 saturated heterocycles. The first-order chi connectivity index (χ1) is 8.62. The van der Waals surface area contributed by atoms with Crippen molar-refractivity contribution >= 4 is 5.96 Å². The van der Waals surface area contributed by atoms with Crippen molar-refractivity contribution in [3.63, 3.8) is 0 Å². The average Bonchev–Trinajstić information content (AvgIpc) is 2.23. The minimum absolute atomic E-state index is 0.393. The molecule has 0 heterocycles. The van der Waals surface area contributed by atoms with E-state index in [4.69, 9.17) is 4.74 Å². The molecule has 18 heavy (non-hydrogen) atoms. The zero-order chi connectivity index (χ0) is 13.2. The summed E-state index contributed by atoms with van der Waals surface area (Å²) in [5, 5.41) is 6.93. The molecule has 1 spiro atoms. The average molecular weight is 253 g/mol. The van der Waals surface area contributed by atoms with E-state index in [-0.39, 0.29) is 0 Å². The monoisotopic (exact) mass is 253 g/mol. The van der Waals surface area contributed by atoms with Gasteiger partial charge in [0.05, 0.1) is 6.10 Å². The molecular formula is C14H27N3O. The van der Waals surface area contributed by atoms with Gasteiger partial charge in [0.1, 0.15) is 0 Å². The molecule has 2 unspecified atom stereocenters. The Balaban J connectivity index is 1.91. The number of nitrogens with zero attached hydrogens (tertiary/aromatic N) is 1. The molecule has 0 aromatic heterocycles. The number of rotatable bonds is 4. The lowest BCUT2D eigenvalue weighted by molar-refractivity contribution is -0.168. The molecule has 0 aliphatic heterocycles. The summed E-state index contributed by atoms with van der Waals surface area (Å²) in [6.45, 7) is 7.19. The number of guanidine groups is 1. The minimum atomic E-state index is 0.393. The van der Waals surface area contributed by atoms with Crippen molar-refractivity contribution in [2.45, 2.75) is 64.6 Å². The van der Waals surface area contributed by atoms with Crippen LogP contribution >= 0.6 is 0 Å². The SMILES string of the molecule is CCOC1CC(NC(=NC)NC(C)C)C12CCC2. The molecule has 0 aromatic rings. The standard InChI is InChI=1S/C14H27N3O/c1-5-18-12-9-11(14(12)7-6-8-14)17-13(15-4)16-10(2)3/h10-12H,5-9H2,1-4H3,(H2,15,16,17). The summed E-state index contributed by atoms with van der Waals surface area (Å²) >= 11 is 0. The Bertz CT molecular complexity index is 310. The third kappa shape index (κ3) is 2.35. The van der Waals surface area contributed by atoms with Crippen molar-refractivity contribution in [3.8, 4) is 0 Å². The van der Waals surface area contributed by atoms with Crippen LogP contribution in [0.4, 0.5) is 0 Å². The van der Waals surface area contributed by atoms with Crippen LogP contribution in [0.5, 0.6) is 0 Å². The smallest absolute Gasteiger partial charge is 0.191 e. The topological polar surface area (TPSA) is 45.6 Å². The summed E-state index contributed by atoms with van der Waals surface area (Å²) in [5.41, 5.74) is 0.393. The van der Waals surface area contributed by atoms with Crippen molar-refractivity contribution in [1.82, 2.24) is 10.6 Å². The number of nitrogens with one attached hydrogen (secondary N) is 2. The van der Waals surface area contributed by atoms with Crippen LogP contribution in [-0.4, -0.2) is 37.8 Å². The van der Waals surface area contributed by atoms with E-state index in [9.17, 15) is 0 Å². The first kappa shape index (κ1) is 13.7. The molecule has 4 heteroatoms. The predicted octanol–water partition coefficient (Wildman–Crippen LogP) is 1.91. The van der Waals surface area contributed by atoms with Crippen molar-refractivity contribution in [3.05, 3.63) is 0 Å². The minimum Gasteiger partial charge on any atom is -0.378 e. The highest BCUT2D eigenvalue weighted by atomic mass is 16.5. The first-order valence-electron chi connectivity index (χ1n) is 7.24. The van der Waals surface area contributed by atoms with Crippen LogP contribution < -0.4 is 10.6 Å². The fraction of sp³-hybridized carbons (Fsp3) is 0.929. The highest BCUT2D eigenvalue weighted by molar-refractivity contribution is 5.80. The molecule has 2 aliphatic rings. The van der Waals surface area contributed by atoms with Gasteiger partial charge >= 0.3 is 0 Å². The highest BCUT2D eigenvalue weighted by Crippen LogP contribution is 2.57. The van der Waals surface area contributed by atoms with Crippen molar-refractivity contribution in [2.75, 3.05) is 13.7 Å². The number of hydrogen-bond donors (Lipinski definition) is 2. The molecule has 2 N–H and O–H groups in total. The fourth-order valence-corrected chi connectivity index (χ4v) is 3.25. The normalized spacial score (nSPS) is 29.9. The van der Waals surface area contributed by atoms with Crippen LogP contribution in [0.2, 0.25) is 0 Å². The van der Waals surface area contributed by atoms with E-state index >= 15 is 0 Å². The summed E-state index contributed by atoms with van der Waals surface area (Å²) in [6.07, 6.45) is 5.53. The maximum atomic E-state index is 5.86. The maximum Gasteiger partial charge on any atom is 0.191 e. The van der Waals surface area contributed by atoms with Gasteiger partial charge in [0, 0.05) is 31.2 Å². The Hall–Kier alpha value is -0.770. The van der Waals surface area contributed by atoms with E-state index in [0.29, 0.717) is 23.6 Å². The molecule has 0 radical (unpaired) electrons. The zero-order valence-electron chi connectivity index (χ0n) is 12.1. The summed E-state index contributed by atoms with van der Waals surface area (Å²) in [4.78, 5) is 4.30. The van der Waals surface area contributed by atoms with E-state index < -0.39 is 0 Å². The summed E-state index contributed by atoms with van der Waals surface area (Å²) < 4.78 is 5.86. The van der Waals surface area contributed by atoms with Crippen molar-refractivity contribution in [1.29, 1.82) is 0 Å². The summed E-state index contributed by atoms with van der Waals surface area (Å²) in [6, 6.07) is 0.948. The van der Waals surface area contributed by atoms with Crippen LogP contribution in [-0.2, 0) is 4.74 Å². The highest BCUT2D eigenvalue weighted by Gasteiger charge is 2.59. The molecule has 2 rings (SSSR count). The van der Waals surface area contributed by atoms with Gasteiger partial charge in [-0.3, -0.25) is 4.99 Å². The molecular weight excluding hydrogens is 226 g/mol. The van der Waals surface area contributed by atoms with Gasteiger partial charge in [0.15, 0.2) is 5.96 Å². The Morgan fingerprint density at radius 1 is 1.44 bits per heavy atom. The Morgan fingerprint density at radius 3 is 2.61 bits per heavy atom. The number of hydrogen-bond acceptors (Lipinski definition) is 2. The second-order valence-corrected chi connectivity index (χ2v) is 5.83.